The van der Waals surface area contributed by atoms with Gasteiger partial charge in [0.05, 0.1) is 26.5 Å². The summed E-state index contributed by atoms with van der Waals surface area (Å²) in [5, 5.41) is 5.85. The number of halogens is 1. The lowest BCUT2D eigenvalue weighted by Gasteiger charge is -2.13. The third-order valence-corrected chi connectivity index (χ3v) is 3.14. The van der Waals surface area contributed by atoms with Gasteiger partial charge in [-0.15, -0.1) is 0 Å². The molecule has 106 valence electrons. The predicted octanol–water partition coefficient (Wildman–Crippen LogP) is 2.40. The number of carbonyl (C=O) groups is 1. The Balaban J connectivity index is 2.70. The van der Waals surface area contributed by atoms with Crippen LogP contribution in [0, 0.1) is 0 Å². The summed E-state index contributed by atoms with van der Waals surface area (Å²) in [7, 11) is 3.15. The molecule has 0 unspecified atom stereocenters. The molecule has 6 heteroatoms. The molecule has 5 nitrogen and oxygen atoms in total. The average Bonchev–Trinajstić information content (AvgIpc) is 2.43. The molecule has 0 aliphatic rings. The van der Waals surface area contributed by atoms with Crippen molar-refractivity contribution in [3.05, 3.63) is 16.6 Å². The quantitative estimate of drug-likeness (QED) is 0.806. The molecule has 1 rings (SSSR count). The molecule has 0 atom stereocenters. The average molecular weight is 331 g/mol. The van der Waals surface area contributed by atoms with Crippen LogP contribution < -0.4 is 20.1 Å². The molecule has 0 aromatic heterocycles. The van der Waals surface area contributed by atoms with E-state index in [9.17, 15) is 4.79 Å². The molecule has 1 aromatic rings. The minimum atomic E-state index is -0.0384. The molecular weight excluding hydrogens is 312 g/mol. The third-order valence-electron chi connectivity index (χ3n) is 2.48. The van der Waals surface area contributed by atoms with Crippen LogP contribution in [0.5, 0.6) is 11.5 Å². The number of ether oxygens (including phenoxy) is 2. The van der Waals surface area contributed by atoms with Crippen molar-refractivity contribution < 1.29 is 14.3 Å². The zero-order chi connectivity index (χ0) is 14.3. The second kappa shape index (κ2) is 7.89. The van der Waals surface area contributed by atoms with E-state index in [2.05, 4.69) is 26.6 Å². The smallest absolute Gasteiger partial charge is 0.239 e. The zero-order valence-electron chi connectivity index (χ0n) is 11.4. The standard InChI is InChI=1S/C13H19BrN2O3/c1-4-5-15-13(17)8-16-10-7-12(19-3)11(18-2)6-9(10)14/h6-7,16H,4-5,8H2,1-3H3,(H,15,17). The fourth-order valence-electron chi connectivity index (χ4n) is 1.49. The first kappa shape index (κ1) is 15.6. The molecule has 0 radical (unpaired) electrons. The summed E-state index contributed by atoms with van der Waals surface area (Å²) >= 11 is 3.42. The van der Waals surface area contributed by atoms with Gasteiger partial charge in [-0.25, -0.2) is 0 Å². The van der Waals surface area contributed by atoms with Crippen LogP contribution in [0.2, 0.25) is 0 Å². The second-order valence-electron chi connectivity index (χ2n) is 3.89. The van der Waals surface area contributed by atoms with Crippen molar-refractivity contribution in [2.45, 2.75) is 13.3 Å². The molecule has 1 amide bonds. The summed E-state index contributed by atoms with van der Waals surface area (Å²) in [5.74, 6) is 1.21. The number of nitrogens with one attached hydrogen (secondary N) is 2. The Kier molecular flexibility index (Phi) is 6.49. The first-order valence-corrected chi connectivity index (χ1v) is 6.83. The first-order valence-electron chi connectivity index (χ1n) is 6.04. The summed E-state index contributed by atoms with van der Waals surface area (Å²) in [5.41, 5.74) is 0.782. The van der Waals surface area contributed by atoms with Gasteiger partial charge < -0.3 is 20.1 Å². The van der Waals surface area contributed by atoms with Crippen molar-refractivity contribution >= 4 is 27.5 Å². The molecule has 0 saturated heterocycles. The molecule has 0 bridgehead atoms. The highest BCUT2D eigenvalue weighted by Crippen LogP contribution is 2.36. The SMILES string of the molecule is CCCNC(=O)CNc1cc(OC)c(OC)cc1Br. The van der Waals surface area contributed by atoms with Crippen molar-refractivity contribution in [3.63, 3.8) is 0 Å². The molecule has 1 aromatic carbocycles. The summed E-state index contributed by atoms with van der Waals surface area (Å²) < 4.78 is 11.2. The van der Waals surface area contributed by atoms with Gasteiger partial charge in [0.2, 0.25) is 5.91 Å². The number of anilines is 1. The van der Waals surface area contributed by atoms with Gasteiger partial charge in [-0.05, 0) is 22.4 Å². The van der Waals surface area contributed by atoms with Crippen LogP contribution in [-0.2, 0) is 4.79 Å². The summed E-state index contributed by atoms with van der Waals surface area (Å²) in [4.78, 5) is 11.5. The van der Waals surface area contributed by atoms with E-state index in [0.717, 1.165) is 16.6 Å². The number of methoxy groups -OCH3 is 2. The molecule has 0 fully saturated rings. The van der Waals surface area contributed by atoms with Gasteiger partial charge in [-0.1, -0.05) is 6.92 Å². The predicted molar refractivity (Wildman–Crippen MR) is 79.0 cm³/mol. The van der Waals surface area contributed by atoms with E-state index in [0.29, 0.717) is 18.0 Å². The largest absolute Gasteiger partial charge is 0.493 e. The van der Waals surface area contributed by atoms with E-state index in [1.165, 1.54) is 0 Å². The topological polar surface area (TPSA) is 59.6 Å². The number of amides is 1. The van der Waals surface area contributed by atoms with Gasteiger partial charge in [-0.2, -0.15) is 0 Å². The summed E-state index contributed by atoms with van der Waals surface area (Å²) in [6.45, 7) is 2.92. The maximum Gasteiger partial charge on any atom is 0.239 e. The highest BCUT2D eigenvalue weighted by Gasteiger charge is 2.10. The monoisotopic (exact) mass is 330 g/mol. The Bertz CT molecular complexity index is 438. The van der Waals surface area contributed by atoms with Crippen LogP contribution in [0.15, 0.2) is 16.6 Å². The van der Waals surface area contributed by atoms with Gasteiger partial charge in [-0.3, -0.25) is 4.79 Å². The lowest BCUT2D eigenvalue weighted by Crippen LogP contribution is -2.30. The normalized spacial score (nSPS) is 9.89. The van der Waals surface area contributed by atoms with Crippen LogP contribution in [-0.4, -0.2) is 33.2 Å². The molecular formula is C13H19BrN2O3. The fourth-order valence-corrected chi connectivity index (χ4v) is 1.95. The minimum absolute atomic E-state index is 0.0384. The molecule has 0 saturated carbocycles. The van der Waals surface area contributed by atoms with Gasteiger partial charge in [0, 0.05) is 23.2 Å². The molecule has 2 N–H and O–H groups in total. The van der Waals surface area contributed by atoms with Crippen molar-refractivity contribution in [1.29, 1.82) is 0 Å². The van der Waals surface area contributed by atoms with E-state index in [1.807, 2.05) is 6.92 Å². The molecule has 0 spiro atoms. The van der Waals surface area contributed by atoms with E-state index in [4.69, 9.17) is 9.47 Å². The van der Waals surface area contributed by atoms with Crippen LogP contribution >= 0.6 is 15.9 Å². The summed E-state index contributed by atoms with van der Waals surface area (Å²) in [6.07, 6.45) is 0.922. The minimum Gasteiger partial charge on any atom is -0.493 e. The highest BCUT2D eigenvalue weighted by atomic mass is 79.9. The number of carbonyl (C=O) groups excluding carboxylic acids is 1. The zero-order valence-corrected chi connectivity index (χ0v) is 13.0. The molecule has 0 aliphatic heterocycles. The Morgan fingerprint density at radius 3 is 2.47 bits per heavy atom. The molecule has 0 aliphatic carbocycles. The van der Waals surface area contributed by atoms with Gasteiger partial charge in [0.25, 0.3) is 0 Å². The number of rotatable bonds is 7. The number of hydrogen-bond acceptors (Lipinski definition) is 4. The molecule has 0 heterocycles. The van der Waals surface area contributed by atoms with Crippen molar-refractivity contribution in [2.75, 3.05) is 32.6 Å². The molecule has 19 heavy (non-hydrogen) atoms. The van der Waals surface area contributed by atoms with Gasteiger partial charge >= 0.3 is 0 Å². The van der Waals surface area contributed by atoms with E-state index >= 15 is 0 Å². The lowest BCUT2D eigenvalue weighted by molar-refractivity contribution is -0.119. The van der Waals surface area contributed by atoms with E-state index in [-0.39, 0.29) is 12.5 Å². The Labute approximate surface area is 121 Å². The van der Waals surface area contributed by atoms with E-state index < -0.39 is 0 Å². The third kappa shape index (κ3) is 4.63. The summed E-state index contributed by atoms with van der Waals surface area (Å²) in [6, 6.07) is 3.58. The van der Waals surface area contributed by atoms with Gasteiger partial charge in [0.1, 0.15) is 0 Å². The van der Waals surface area contributed by atoms with E-state index in [1.54, 1.807) is 26.4 Å². The van der Waals surface area contributed by atoms with Crippen LogP contribution in [0.3, 0.4) is 0 Å². The highest BCUT2D eigenvalue weighted by molar-refractivity contribution is 9.10. The van der Waals surface area contributed by atoms with Gasteiger partial charge in [0.15, 0.2) is 11.5 Å². The number of hydrogen-bond donors (Lipinski definition) is 2. The van der Waals surface area contributed by atoms with Crippen LogP contribution in [0.1, 0.15) is 13.3 Å². The first-order chi connectivity index (χ1) is 9.12. The van der Waals surface area contributed by atoms with Crippen LogP contribution in [0.4, 0.5) is 5.69 Å². The van der Waals surface area contributed by atoms with Crippen molar-refractivity contribution in [1.82, 2.24) is 5.32 Å². The Morgan fingerprint density at radius 1 is 1.26 bits per heavy atom. The maximum absolute atomic E-state index is 11.5. The van der Waals surface area contributed by atoms with Crippen molar-refractivity contribution in [2.24, 2.45) is 0 Å². The lowest BCUT2D eigenvalue weighted by atomic mass is 10.2. The second-order valence-corrected chi connectivity index (χ2v) is 4.74. The fraction of sp³-hybridized carbons (Fsp3) is 0.462. The van der Waals surface area contributed by atoms with Crippen molar-refractivity contribution in [3.8, 4) is 11.5 Å². The Morgan fingerprint density at radius 2 is 1.89 bits per heavy atom. The Hall–Kier alpha value is -1.43. The van der Waals surface area contributed by atoms with Crippen LogP contribution in [0.25, 0.3) is 0 Å². The maximum atomic E-state index is 11.5. The number of benzene rings is 1.